The number of ether oxygens (including phenoxy) is 2. The maximum absolute atomic E-state index is 12.9. The molecule has 0 bridgehead atoms. The summed E-state index contributed by atoms with van der Waals surface area (Å²) in [6, 6.07) is -0.868. The van der Waals surface area contributed by atoms with Gasteiger partial charge in [0, 0.05) is 12.6 Å². The second kappa shape index (κ2) is 10.3. The summed E-state index contributed by atoms with van der Waals surface area (Å²) in [5.74, 6) is 0. The highest BCUT2D eigenvalue weighted by Crippen LogP contribution is 2.40. The normalized spacial score (nSPS) is 29.1. The number of carbonyl (C=O) groups is 1. The highest BCUT2D eigenvalue weighted by atomic mass is 32.2. The highest BCUT2D eigenvalue weighted by Gasteiger charge is 2.52. The van der Waals surface area contributed by atoms with Gasteiger partial charge in [-0.1, -0.05) is 6.08 Å². The lowest BCUT2D eigenvalue weighted by atomic mass is 9.72. The molecule has 9 nitrogen and oxygen atoms in total. The van der Waals surface area contributed by atoms with E-state index in [1.165, 1.54) is 0 Å². The Kier molecular flexibility index (Phi) is 8.38. The van der Waals surface area contributed by atoms with Crippen LogP contribution >= 0.6 is 0 Å². The van der Waals surface area contributed by atoms with Crippen LogP contribution in [0.3, 0.4) is 0 Å². The van der Waals surface area contributed by atoms with Crippen molar-refractivity contribution in [2.24, 2.45) is 0 Å². The average molecular weight is 514 g/mol. The molecule has 0 aromatic rings. The third-order valence-electron chi connectivity index (χ3n) is 7.23. The predicted octanol–water partition coefficient (Wildman–Crippen LogP) is 3.43. The first kappa shape index (κ1) is 28.4. The number of hydrogen-bond acceptors (Lipinski definition) is 7. The number of nitrogens with one attached hydrogen (secondary N) is 1. The summed E-state index contributed by atoms with van der Waals surface area (Å²) >= 11 is 0. The van der Waals surface area contributed by atoms with Gasteiger partial charge in [-0.05, 0) is 86.0 Å². The summed E-state index contributed by atoms with van der Waals surface area (Å²) in [5, 5.41) is 0. The fourth-order valence-corrected chi connectivity index (χ4v) is 5.47. The van der Waals surface area contributed by atoms with Gasteiger partial charge >= 0.3 is 13.2 Å². The van der Waals surface area contributed by atoms with Crippen molar-refractivity contribution in [3.63, 3.8) is 0 Å². The van der Waals surface area contributed by atoms with Crippen molar-refractivity contribution >= 4 is 23.2 Å². The molecule has 2 saturated heterocycles. The molecule has 3 aliphatic rings. The first-order valence-corrected chi connectivity index (χ1v) is 14.5. The summed E-state index contributed by atoms with van der Waals surface area (Å²) in [6.45, 7) is 14.4. The largest absolute Gasteiger partial charge is 0.490 e. The van der Waals surface area contributed by atoms with Crippen LogP contribution in [0.1, 0.15) is 80.6 Å². The van der Waals surface area contributed by atoms with E-state index in [1.807, 2.05) is 48.5 Å². The molecule has 2 heterocycles. The molecule has 1 aliphatic carbocycles. The van der Waals surface area contributed by atoms with E-state index in [-0.39, 0.29) is 31.0 Å². The van der Waals surface area contributed by atoms with Crippen molar-refractivity contribution in [3.8, 4) is 0 Å². The van der Waals surface area contributed by atoms with E-state index in [9.17, 15) is 13.2 Å². The Bertz CT molecular complexity index is 897. The number of sulfonamides is 1. The molecule has 1 amide bonds. The lowest BCUT2D eigenvalue weighted by Crippen LogP contribution is -2.59. The average Bonchev–Trinajstić information content (AvgIpc) is 2.92. The highest BCUT2D eigenvalue weighted by molar-refractivity contribution is 7.88. The van der Waals surface area contributed by atoms with Crippen LogP contribution in [-0.4, -0.2) is 80.9 Å². The Morgan fingerprint density at radius 2 is 1.83 bits per heavy atom. The maximum Gasteiger partial charge on any atom is 0.490 e. The number of nitrogens with zero attached hydrogens (tertiary/aromatic N) is 1. The minimum atomic E-state index is -3.44. The standard InChI is InChI=1S/C24H43BN2O7S/c1-22(2,3)32-21(28)27-15-9-10-19(26-35(8,29)30)20(27)16-31-18-13-11-17(12-14-18)25-33-23(4,5)24(6,7)34-25/h11,18-20,26H,9-10,12-16H2,1-8H3/t18-,19?,20?/m0/s1. The van der Waals surface area contributed by atoms with Gasteiger partial charge in [0.1, 0.15) is 5.60 Å². The molecular weight excluding hydrogens is 471 g/mol. The topological polar surface area (TPSA) is 103 Å². The third-order valence-corrected chi connectivity index (χ3v) is 7.96. The molecule has 35 heavy (non-hydrogen) atoms. The van der Waals surface area contributed by atoms with E-state index >= 15 is 0 Å². The lowest BCUT2D eigenvalue weighted by molar-refractivity contribution is -0.0321. The minimum absolute atomic E-state index is 0.0255. The molecule has 0 aromatic carbocycles. The van der Waals surface area contributed by atoms with Gasteiger partial charge < -0.3 is 23.7 Å². The smallest absolute Gasteiger partial charge is 0.444 e. The monoisotopic (exact) mass is 514 g/mol. The molecule has 0 aromatic heterocycles. The van der Waals surface area contributed by atoms with Crippen LogP contribution in [0.4, 0.5) is 4.79 Å². The minimum Gasteiger partial charge on any atom is -0.444 e. The second-order valence-electron chi connectivity index (χ2n) is 12.0. The Morgan fingerprint density at radius 3 is 2.34 bits per heavy atom. The summed E-state index contributed by atoms with van der Waals surface area (Å²) in [7, 11) is -3.78. The van der Waals surface area contributed by atoms with Crippen molar-refractivity contribution in [2.45, 2.75) is 116 Å². The van der Waals surface area contributed by atoms with Crippen molar-refractivity contribution < 1.29 is 32.0 Å². The van der Waals surface area contributed by atoms with E-state index in [0.29, 0.717) is 25.8 Å². The van der Waals surface area contributed by atoms with Crippen LogP contribution in [0.5, 0.6) is 0 Å². The van der Waals surface area contributed by atoms with E-state index in [1.54, 1.807) is 4.90 Å². The molecule has 200 valence electrons. The number of hydrogen-bond donors (Lipinski definition) is 1. The molecule has 2 fully saturated rings. The van der Waals surface area contributed by atoms with Crippen molar-refractivity contribution in [1.82, 2.24) is 9.62 Å². The number of rotatable bonds is 6. The first-order chi connectivity index (χ1) is 16.0. The van der Waals surface area contributed by atoms with Gasteiger partial charge in [0.15, 0.2) is 0 Å². The second-order valence-corrected chi connectivity index (χ2v) is 13.8. The molecule has 1 N–H and O–H groups in total. The van der Waals surface area contributed by atoms with Crippen LogP contribution < -0.4 is 4.72 Å². The molecule has 0 radical (unpaired) electrons. The number of allylic oxidation sites excluding steroid dienone is 1. The van der Waals surface area contributed by atoms with Gasteiger partial charge in [0.25, 0.3) is 0 Å². The van der Waals surface area contributed by atoms with Gasteiger partial charge in [-0.3, -0.25) is 0 Å². The third kappa shape index (κ3) is 7.44. The lowest BCUT2D eigenvalue weighted by Gasteiger charge is -2.42. The summed E-state index contributed by atoms with van der Waals surface area (Å²) in [6.07, 6.45) is 6.44. The molecular formula is C24H43BN2O7S. The van der Waals surface area contributed by atoms with Crippen LogP contribution in [0.15, 0.2) is 11.5 Å². The predicted molar refractivity (Wildman–Crippen MR) is 135 cm³/mol. The van der Waals surface area contributed by atoms with Gasteiger partial charge in [0.05, 0.1) is 36.2 Å². The van der Waals surface area contributed by atoms with Gasteiger partial charge in [0.2, 0.25) is 10.0 Å². The Balaban J connectivity index is 1.65. The van der Waals surface area contributed by atoms with Crippen LogP contribution in [-0.2, 0) is 28.8 Å². The van der Waals surface area contributed by atoms with Crippen molar-refractivity contribution in [1.29, 1.82) is 0 Å². The van der Waals surface area contributed by atoms with E-state index in [2.05, 4.69) is 10.8 Å². The Hall–Kier alpha value is -1.14. The molecule has 2 unspecified atom stereocenters. The zero-order valence-electron chi connectivity index (χ0n) is 22.5. The number of likely N-dealkylation sites (tertiary alicyclic amines) is 1. The maximum atomic E-state index is 12.9. The Morgan fingerprint density at radius 1 is 1.20 bits per heavy atom. The van der Waals surface area contributed by atoms with Crippen LogP contribution in [0.25, 0.3) is 0 Å². The summed E-state index contributed by atoms with van der Waals surface area (Å²) in [5.41, 5.74) is -0.259. The zero-order chi connectivity index (χ0) is 26.2. The van der Waals surface area contributed by atoms with E-state index in [0.717, 1.165) is 24.6 Å². The van der Waals surface area contributed by atoms with Crippen LogP contribution in [0, 0.1) is 0 Å². The number of carbonyl (C=O) groups excluding carboxylic acids is 1. The number of piperidine rings is 1. The van der Waals surface area contributed by atoms with Gasteiger partial charge in [-0.15, -0.1) is 0 Å². The summed E-state index contributed by atoms with van der Waals surface area (Å²) in [4.78, 5) is 14.5. The van der Waals surface area contributed by atoms with Gasteiger partial charge in [-0.25, -0.2) is 17.9 Å². The zero-order valence-corrected chi connectivity index (χ0v) is 23.4. The SMILES string of the molecule is CC(C)(C)OC(=O)N1CCCC(NS(C)(=O)=O)C1CO[C@H]1CC=C(B2OC(C)(C)C(C)(C)O2)CC1. The summed E-state index contributed by atoms with van der Waals surface area (Å²) < 4.78 is 50.9. The fraction of sp³-hybridized carbons (Fsp3) is 0.875. The fourth-order valence-electron chi connectivity index (χ4n) is 4.65. The van der Waals surface area contributed by atoms with E-state index in [4.69, 9.17) is 18.8 Å². The van der Waals surface area contributed by atoms with Crippen molar-refractivity contribution in [2.75, 3.05) is 19.4 Å². The number of amides is 1. The molecule has 2 aliphatic heterocycles. The Labute approximate surface area is 211 Å². The van der Waals surface area contributed by atoms with Crippen molar-refractivity contribution in [3.05, 3.63) is 11.5 Å². The first-order valence-electron chi connectivity index (χ1n) is 12.6. The van der Waals surface area contributed by atoms with E-state index < -0.39 is 33.8 Å². The quantitative estimate of drug-likeness (QED) is 0.542. The molecule has 3 rings (SSSR count). The molecule has 11 heteroatoms. The molecule has 3 atom stereocenters. The van der Waals surface area contributed by atoms with Gasteiger partial charge in [-0.2, -0.15) is 0 Å². The molecule has 0 saturated carbocycles. The van der Waals surface area contributed by atoms with Crippen LogP contribution in [0.2, 0.25) is 0 Å². The molecule has 0 spiro atoms.